The minimum atomic E-state index is -0.229. The van der Waals surface area contributed by atoms with E-state index in [2.05, 4.69) is 29.8 Å². The van der Waals surface area contributed by atoms with E-state index in [0.29, 0.717) is 13.1 Å². The Balaban J connectivity index is 2.07. The van der Waals surface area contributed by atoms with Crippen LogP contribution >= 0.6 is 0 Å². The lowest BCUT2D eigenvalue weighted by atomic mass is 9.94. The van der Waals surface area contributed by atoms with Crippen molar-refractivity contribution in [1.29, 1.82) is 0 Å². The summed E-state index contributed by atoms with van der Waals surface area (Å²) in [5, 5.41) is 9.37. The summed E-state index contributed by atoms with van der Waals surface area (Å²) in [5.41, 5.74) is 0. The van der Waals surface area contributed by atoms with Gasteiger partial charge in [0.1, 0.15) is 0 Å². The maximum absolute atomic E-state index is 12.6. The van der Waals surface area contributed by atoms with E-state index in [4.69, 9.17) is 0 Å². The standard InChI is InChI=1S/C26H51N3O2/c1-3-5-7-9-11-13-15-17-19-28-25(30)23-21-27-22-24(23)26(31)29-20-18-16-14-12-10-8-6-4-2/h23-24,27H,3-22H2,1-2H3,(H,28,30)(H,29,31)/t23-,24?/m1/s1. The third-order valence-corrected chi connectivity index (χ3v) is 6.55. The molecule has 0 aromatic rings. The van der Waals surface area contributed by atoms with E-state index in [1.54, 1.807) is 0 Å². The minimum Gasteiger partial charge on any atom is -0.356 e. The number of amides is 2. The van der Waals surface area contributed by atoms with Crippen LogP contribution in [-0.4, -0.2) is 38.0 Å². The highest BCUT2D eigenvalue weighted by Crippen LogP contribution is 2.17. The first-order chi connectivity index (χ1) is 15.2. The Labute approximate surface area is 192 Å². The Hall–Kier alpha value is -1.10. The van der Waals surface area contributed by atoms with Gasteiger partial charge in [-0.05, 0) is 12.8 Å². The van der Waals surface area contributed by atoms with Gasteiger partial charge in [0.15, 0.2) is 0 Å². The van der Waals surface area contributed by atoms with Crippen molar-refractivity contribution < 1.29 is 9.59 Å². The van der Waals surface area contributed by atoms with Crippen LogP contribution in [-0.2, 0) is 9.59 Å². The van der Waals surface area contributed by atoms with Gasteiger partial charge in [0.25, 0.3) is 0 Å². The molecule has 0 aliphatic carbocycles. The van der Waals surface area contributed by atoms with Crippen molar-refractivity contribution in [3.8, 4) is 0 Å². The summed E-state index contributed by atoms with van der Waals surface area (Å²) >= 11 is 0. The van der Waals surface area contributed by atoms with Gasteiger partial charge < -0.3 is 16.0 Å². The number of nitrogens with one attached hydrogen (secondary N) is 3. The summed E-state index contributed by atoms with van der Waals surface area (Å²) in [7, 11) is 0. The van der Waals surface area contributed by atoms with Gasteiger partial charge in [-0.3, -0.25) is 9.59 Å². The maximum atomic E-state index is 12.6. The van der Waals surface area contributed by atoms with Crippen LogP contribution in [0.4, 0.5) is 0 Å². The van der Waals surface area contributed by atoms with Gasteiger partial charge in [0.2, 0.25) is 11.8 Å². The highest BCUT2D eigenvalue weighted by atomic mass is 16.2. The zero-order chi connectivity index (χ0) is 22.6. The van der Waals surface area contributed by atoms with Crippen molar-refractivity contribution in [1.82, 2.24) is 16.0 Å². The maximum Gasteiger partial charge on any atom is 0.225 e. The van der Waals surface area contributed by atoms with Crippen LogP contribution in [0.15, 0.2) is 0 Å². The van der Waals surface area contributed by atoms with Crippen molar-refractivity contribution in [3.63, 3.8) is 0 Å². The van der Waals surface area contributed by atoms with Gasteiger partial charge in [-0.1, -0.05) is 104 Å². The Morgan fingerprint density at radius 1 is 0.581 bits per heavy atom. The van der Waals surface area contributed by atoms with Gasteiger partial charge in [-0.2, -0.15) is 0 Å². The summed E-state index contributed by atoms with van der Waals surface area (Å²) in [6, 6.07) is 0. The summed E-state index contributed by atoms with van der Waals surface area (Å²) in [4.78, 5) is 25.1. The molecular formula is C26H51N3O2. The molecule has 0 aromatic carbocycles. The van der Waals surface area contributed by atoms with E-state index in [9.17, 15) is 9.59 Å². The molecule has 0 saturated carbocycles. The molecule has 1 saturated heterocycles. The predicted octanol–water partition coefficient (Wildman–Crippen LogP) is 5.34. The van der Waals surface area contributed by atoms with E-state index in [1.165, 1.54) is 89.9 Å². The molecule has 0 aromatic heterocycles. The quantitative estimate of drug-likeness (QED) is 0.225. The number of carbonyl (C=O) groups is 2. The van der Waals surface area contributed by atoms with E-state index in [-0.39, 0.29) is 23.7 Å². The molecule has 1 aliphatic rings. The van der Waals surface area contributed by atoms with Gasteiger partial charge >= 0.3 is 0 Å². The second-order valence-electron chi connectivity index (χ2n) is 9.40. The highest BCUT2D eigenvalue weighted by Gasteiger charge is 2.37. The van der Waals surface area contributed by atoms with Crippen LogP contribution in [0.1, 0.15) is 117 Å². The Kier molecular flexibility index (Phi) is 17.6. The average molecular weight is 438 g/mol. The van der Waals surface area contributed by atoms with Crippen molar-refractivity contribution in [3.05, 3.63) is 0 Å². The van der Waals surface area contributed by atoms with Crippen molar-refractivity contribution in [2.75, 3.05) is 26.2 Å². The van der Waals surface area contributed by atoms with Crippen LogP contribution in [0, 0.1) is 11.8 Å². The van der Waals surface area contributed by atoms with Gasteiger partial charge in [0.05, 0.1) is 11.8 Å². The minimum absolute atomic E-state index is 0.0418. The van der Waals surface area contributed by atoms with E-state index in [1.807, 2.05) is 0 Å². The summed E-state index contributed by atoms with van der Waals surface area (Å²) in [6.45, 7) is 7.17. The molecule has 0 radical (unpaired) electrons. The molecule has 1 heterocycles. The van der Waals surface area contributed by atoms with Crippen molar-refractivity contribution >= 4 is 11.8 Å². The zero-order valence-electron chi connectivity index (χ0n) is 20.6. The molecule has 2 atom stereocenters. The summed E-state index contributed by atoms with van der Waals surface area (Å²) in [6.07, 6.45) is 20.2. The number of unbranched alkanes of at least 4 members (excludes halogenated alkanes) is 14. The monoisotopic (exact) mass is 437 g/mol. The molecule has 3 N–H and O–H groups in total. The molecule has 1 aliphatic heterocycles. The summed E-state index contributed by atoms with van der Waals surface area (Å²) < 4.78 is 0. The lowest BCUT2D eigenvalue weighted by Crippen LogP contribution is -2.42. The largest absolute Gasteiger partial charge is 0.356 e. The first kappa shape index (κ1) is 27.9. The van der Waals surface area contributed by atoms with Crippen LogP contribution in [0.25, 0.3) is 0 Å². The number of carbonyl (C=O) groups excluding carboxylic acids is 2. The van der Waals surface area contributed by atoms with E-state index in [0.717, 1.165) is 25.9 Å². The molecule has 182 valence electrons. The first-order valence-corrected chi connectivity index (χ1v) is 13.5. The molecule has 1 fully saturated rings. The Morgan fingerprint density at radius 3 is 1.26 bits per heavy atom. The van der Waals surface area contributed by atoms with Crippen LogP contribution in [0.5, 0.6) is 0 Å². The fourth-order valence-electron chi connectivity index (χ4n) is 4.43. The van der Waals surface area contributed by atoms with Gasteiger partial charge in [-0.15, -0.1) is 0 Å². The molecule has 5 nitrogen and oxygen atoms in total. The fraction of sp³-hybridized carbons (Fsp3) is 0.923. The van der Waals surface area contributed by atoms with Crippen LogP contribution in [0.2, 0.25) is 0 Å². The normalized spacial score (nSPS) is 18.3. The molecule has 0 bridgehead atoms. The lowest BCUT2D eigenvalue weighted by Gasteiger charge is -2.18. The average Bonchev–Trinajstić information content (AvgIpc) is 3.27. The number of rotatable bonds is 20. The molecule has 1 rings (SSSR count). The van der Waals surface area contributed by atoms with Crippen molar-refractivity contribution in [2.24, 2.45) is 11.8 Å². The molecule has 5 heteroatoms. The zero-order valence-corrected chi connectivity index (χ0v) is 20.6. The van der Waals surface area contributed by atoms with Gasteiger partial charge in [0, 0.05) is 26.2 Å². The molecule has 0 spiro atoms. The number of hydrogen-bond donors (Lipinski definition) is 3. The second kappa shape index (κ2) is 19.6. The third-order valence-electron chi connectivity index (χ3n) is 6.55. The van der Waals surface area contributed by atoms with Crippen molar-refractivity contribution in [2.45, 2.75) is 117 Å². The highest BCUT2D eigenvalue weighted by molar-refractivity contribution is 5.88. The molecule has 31 heavy (non-hydrogen) atoms. The first-order valence-electron chi connectivity index (χ1n) is 13.5. The topological polar surface area (TPSA) is 70.2 Å². The lowest BCUT2D eigenvalue weighted by molar-refractivity contribution is -0.132. The smallest absolute Gasteiger partial charge is 0.225 e. The Bertz CT molecular complexity index is 416. The fourth-order valence-corrected chi connectivity index (χ4v) is 4.43. The van der Waals surface area contributed by atoms with Gasteiger partial charge in [-0.25, -0.2) is 0 Å². The van der Waals surface area contributed by atoms with Crippen LogP contribution in [0.3, 0.4) is 0 Å². The SMILES string of the molecule is CCCCCCCCCCNC(=O)C1CNC[C@H]1C(=O)NCCCCCCCCCC. The third kappa shape index (κ3) is 13.8. The Morgan fingerprint density at radius 2 is 0.903 bits per heavy atom. The second-order valence-corrected chi connectivity index (χ2v) is 9.40. The molecular weight excluding hydrogens is 386 g/mol. The molecule has 2 amide bonds. The van der Waals surface area contributed by atoms with Crippen LogP contribution < -0.4 is 16.0 Å². The predicted molar refractivity (Wildman–Crippen MR) is 131 cm³/mol. The molecule has 1 unspecified atom stereocenters. The number of hydrogen-bond acceptors (Lipinski definition) is 3. The van der Waals surface area contributed by atoms with E-state index >= 15 is 0 Å². The summed E-state index contributed by atoms with van der Waals surface area (Å²) in [5.74, 6) is -0.374. The van der Waals surface area contributed by atoms with E-state index < -0.39 is 0 Å².